The Kier molecular flexibility index (Phi) is 51.3. The molecule has 0 aromatic rings. The molecule has 0 rings (SSSR count). The van der Waals surface area contributed by atoms with Gasteiger partial charge in [-0.25, -0.2) is 0 Å². The van der Waals surface area contributed by atoms with Crippen molar-refractivity contribution in [3.63, 3.8) is 0 Å². The Morgan fingerprint density at radius 3 is 0.938 bits per heavy atom. The molecule has 0 saturated carbocycles. The van der Waals surface area contributed by atoms with Crippen LogP contribution in [0.5, 0.6) is 0 Å². The van der Waals surface area contributed by atoms with Gasteiger partial charge in [0.15, 0.2) is 6.10 Å². The molecular formula is C59H104O6. The summed E-state index contributed by atoms with van der Waals surface area (Å²) < 4.78 is 16.8. The molecule has 0 aromatic heterocycles. The van der Waals surface area contributed by atoms with Crippen molar-refractivity contribution in [2.24, 2.45) is 0 Å². The zero-order valence-electron chi connectivity index (χ0n) is 43.0. The number of hydrogen-bond donors (Lipinski definition) is 0. The van der Waals surface area contributed by atoms with Crippen LogP contribution in [0.25, 0.3) is 0 Å². The van der Waals surface area contributed by atoms with Crippen molar-refractivity contribution in [1.82, 2.24) is 0 Å². The molecule has 0 N–H and O–H groups in total. The summed E-state index contributed by atoms with van der Waals surface area (Å²) in [6, 6.07) is 0. The molecule has 0 fully saturated rings. The van der Waals surface area contributed by atoms with E-state index < -0.39 is 6.10 Å². The van der Waals surface area contributed by atoms with Gasteiger partial charge in [0, 0.05) is 19.3 Å². The summed E-state index contributed by atoms with van der Waals surface area (Å²) in [6.07, 6.45) is 66.3. The quantitative estimate of drug-likeness (QED) is 0.0262. The number of carbonyl (C=O) groups is 3. The highest BCUT2D eigenvalue weighted by Crippen LogP contribution is 2.16. The van der Waals surface area contributed by atoms with Crippen LogP contribution in [0.15, 0.2) is 60.8 Å². The van der Waals surface area contributed by atoms with Gasteiger partial charge in [0.05, 0.1) is 0 Å². The summed E-state index contributed by atoms with van der Waals surface area (Å²) in [6.45, 7) is 6.52. The number of carbonyl (C=O) groups excluding carboxylic acids is 3. The Bertz CT molecular complexity index is 1180. The van der Waals surface area contributed by atoms with E-state index in [-0.39, 0.29) is 31.1 Å². The number of ether oxygens (including phenoxy) is 3. The Labute approximate surface area is 402 Å². The fourth-order valence-electron chi connectivity index (χ4n) is 7.88. The molecule has 1 atom stereocenters. The smallest absolute Gasteiger partial charge is 0.306 e. The standard InChI is InChI=1S/C59H104O6/c1-4-7-10-13-16-19-22-25-28-29-30-31-32-35-37-40-43-46-49-52-58(61)64-55-56(65-59(62)53-50-47-44-41-38-34-27-24-21-18-15-12-9-6-3)54-63-57(60)51-48-45-42-39-36-33-26-23-20-17-14-11-8-5-2/h7,10,16,19,25,28,30-31,35,37,56H,4-6,8-9,11-15,17-18,20-24,26-27,29,32-34,36,38-55H2,1-3H3/b10-7-,19-16-,28-25-,31-30-,37-35-. The zero-order chi connectivity index (χ0) is 47.2. The first-order valence-corrected chi connectivity index (χ1v) is 27.8. The van der Waals surface area contributed by atoms with Crippen molar-refractivity contribution in [2.45, 2.75) is 284 Å². The third-order valence-corrected chi connectivity index (χ3v) is 12.0. The second-order valence-corrected chi connectivity index (χ2v) is 18.5. The fourth-order valence-corrected chi connectivity index (χ4v) is 7.88. The van der Waals surface area contributed by atoms with Crippen LogP contribution in [0, 0.1) is 0 Å². The van der Waals surface area contributed by atoms with Crippen LogP contribution in [0.3, 0.4) is 0 Å². The van der Waals surface area contributed by atoms with Crippen LogP contribution >= 0.6 is 0 Å². The summed E-state index contributed by atoms with van der Waals surface area (Å²) in [5.41, 5.74) is 0. The molecule has 0 aliphatic carbocycles. The second kappa shape index (κ2) is 53.7. The fraction of sp³-hybridized carbons (Fsp3) is 0.780. The molecule has 0 aliphatic heterocycles. The summed E-state index contributed by atoms with van der Waals surface area (Å²) in [5.74, 6) is -0.902. The van der Waals surface area contributed by atoms with Crippen LogP contribution < -0.4 is 0 Å². The third kappa shape index (κ3) is 51.9. The second-order valence-electron chi connectivity index (χ2n) is 18.5. The molecule has 6 heteroatoms. The van der Waals surface area contributed by atoms with Gasteiger partial charge >= 0.3 is 17.9 Å². The van der Waals surface area contributed by atoms with Gasteiger partial charge in [-0.3, -0.25) is 14.4 Å². The predicted octanol–water partition coefficient (Wildman–Crippen LogP) is 18.4. The van der Waals surface area contributed by atoms with E-state index in [9.17, 15) is 14.4 Å². The van der Waals surface area contributed by atoms with Crippen LogP contribution in [0.4, 0.5) is 0 Å². The third-order valence-electron chi connectivity index (χ3n) is 12.0. The summed E-state index contributed by atoms with van der Waals surface area (Å²) in [4.78, 5) is 38.1. The van der Waals surface area contributed by atoms with Crippen molar-refractivity contribution < 1.29 is 28.6 Å². The molecule has 0 heterocycles. The minimum atomic E-state index is -0.784. The molecule has 0 amide bonds. The van der Waals surface area contributed by atoms with E-state index in [1.807, 2.05) is 0 Å². The van der Waals surface area contributed by atoms with Gasteiger partial charge in [-0.15, -0.1) is 0 Å². The molecule has 6 nitrogen and oxygen atoms in total. The first-order chi connectivity index (χ1) is 32.0. The Morgan fingerprint density at radius 1 is 0.323 bits per heavy atom. The van der Waals surface area contributed by atoms with Gasteiger partial charge in [0.25, 0.3) is 0 Å². The van der Waals surface area contributed by atoms with Crippen molar-refractivity contribution in [3.8, 4) is 0 Å². The van der Waals surface area contributed by atoms with E-state index in [1.54, 1.807) is 0 Å². The van der Waals surface area contributed by atoms with Gasteiger partial charge in [0.2, 0.25) is 0 Å². The first kappa shape index (κ1) is 62.1. The highest BCUT2D eigenvalue weighted by atomic mass is 16.6. The highest BCUT2D eigenvalue weighted by molar-refractivity contribution is 5.71. The van der Waals surface area contributed by atoms with Crippen molar-refractivity contribution in [3.05, 3.63) is 60.8 Å². The molecule has 0 radical (unpaired) electrons. The van der Waals surface area contributed by atoms with Crippen molar-refractivity contribution in [1.29, 1.82) is 0 Å². The normalized spacial score (nSPS) is 12.5. The molecule has 0 aromatic carbocycles. The molecule has 376 valence electrons. The molecular weight excluding hydrogens is 805 g/mol. The van der Waals surface area contributed by atoms with Gasteiger partial charge < -0.3 is 14.2 Å². The average molecular weight is 909 g/mol. The van der Waals surface area contributed by atoms with Crippen LogP contribution in [-0.2, 0) is 28.6 Å². The van der Waals surface area contributed by atoms with E-state index in [1.165, 1.54) is 141 Å². The first-order valence-electron chi connectivity index (χ1n) is 27.8. The van der Waals surface area contributed by atoms with Crippen molar-refractivity contribution >= 4 is 17.9 Å². The van der Waals surface area contributed by atoms with Gasteiger partial charge in [-0.2, -0.15) is 0 Å². The predicted molar refractivity (Wildman–Crippen MR) is 279 cm³/mol. The summed E-state index contributed by atoms with van der Waals surface area (Å²) in [5, 5.41) is 0. The zero-order valence-corrected chi connectivity index (χ0v) is 43.0. The highest BCUT2D eigenvalue weighted by Gasteiger charge is 2.19. The number of esters is 3. The van der Waals surface area contributed by atoms with E-state index in [2.05, 4.69) is 81.5 Å². The monoisotopic (exact) mass is 909 g/mol. The van der Waals surface area contributed by atoms with E-state index in [4.69, 9.17) is 14.2 Å². The maximum Gasteiger partial charge on any atom is 0.306 e. The Morgan fingerprint density at radius 2 is 0.600 bits per heavy atom. The number of allylic oxidation sites excluding steroid dienone is 10. The molecule has 0 bridgehead atoms. The Balaban J connectivity index is 4.41. The van der Waals surface area contributed by atoms with Crippen LogP contribution in [-0.4, -0.2) is 37.2 Å². The number of unbranched alkanes of at least 4 members (excludes halogenated alkanes) is 29. The average Bonchev–Trinajstić information content (AvgIpc) is 3.30. The molecule has 0 aliphatic rings. The van der Waals surface area contributed by atoms with Gasteiger partial charge in [0.1, 0.15) is 13.2 Å². The maximum atomic E-state index is 12.8. The summed E-state index contributed by atoms with van der Waals surface area (Å²) in [7, 11) is 0. The van der Waals surface area contributed by atoms with Crippen LogP contribution in [0.1, 0.15) is 278 Å². The van der Waals surface area contributed by atoms with Gasteiger partial charge in [-0.1, -0.05) is 255 Å². The van der Waals surface area contributed by atoms with E-state index >= 15 is 0 Å². The maximum absolute atomic E-state index is 12.8. The topological polar surface area (TPSA) is 78.9 Å². The SMILES string of the molecule is CC/C=C\C/C=C\C/C=C\C/C=C\C/C=C\CCCCCC(=O)OCC(COC(=O)CCCCCCCCCCCCCCCC)OC(=O)CCCCCCCCCCCCCCCC. The minimum absolute atomic E-state index is 0.0809. The molecule has 0 spiro atoms. The van der Waals surface area contributed by atoms with Crippen LogP contribution in [0.2, 0.25) is 0 Å². The number of rotatable bonds is 50. The van der Waals surface area contributed by atoms with E-state index in [0.717, 1.165) is 96.3 Å². The van der Waals surface area contributed by atoms with E-state index in [0.29, 0.717) is 19.3 Å². The molecule has 0 saturated heterocycles. The summed E-state index contributed by atoms with van der Waals surface area (Å²) >= 11 is 0. The lowest BCUT2D eigenvalue weighted by Gasteiger charge is -2.18. The van der Waals surface area contributed by atoms with Crippen molar-refractivity contribution in [2.75, 3.05) is 13.2 Å². The lowest BCUT2D eigenvalue weighted by molar-refractivity contribution is -0.167. The Hall–Kier alpha value is -2.89. The molecule has 65 heavy (non-hydrogen) atoms. The lowest BCUT2D eigenvalue weighted by atomic mass is 10.0. The molecule has 1 unspecified atom stereocenters. The largest absolute Gasteiger partial charge is 0.462 e. The number of hydrogen-bond acceptors (Lipinski definition) is 6. The minimum Gasteiger partial charge on any atom is -0.462 e. The van der Waals surface area contributed by atoms with Gasteiger partial charge in [-0.05, 0) is 64.2 Å². The lowest BCUT2D eigenvalue weighted by Crippen LogP contribution is -2.30.